The molecule has 0 radical (unpaired) electrons. The Hall–Kier alpha value is -2.61. The SMILES string of the molecule is CNC(=O)c1ccc(N[C@@H]2CCN(C)[C@H]2c2ccc(F)c(F)c2)nn1. The van der Waals surface area contributed by atoms with Gasteiger partial charge < -0.3 is 10.6 Å². The Bertz CT molecular complexity index is 768. The molecule has 1 amide bonds. The van der Waals surface area contributed by atoms with E-state index >= 15 is 0 Å². The van der Waals surface area contributed by atoms with E-state index in [2.05, 4.69) is 25.7 Å². The number of likely N-dealkylation sites (N-methyl/N-ethyl adjacent to an activating group) is 1. The molecule has 1 aliphatic heterocycles. The average molecular weight is 347 g/mol. The smallest absolute Gasteiger partial charge is 0.271 e. The van der Waals surface area contributed by atoms with E-state index in [-0.39, 0.29) is 23.7 Å². The molecule has 1 aliphatic rings. The Labute approximate surface area is 144 Å². The third-order valence-electron chi connectivity index (χ3n) is 4.39. The van der Waals surface area contributed by atoms with Gasteiger partial charge in [-0.2, -0.15) is 0 Å². The zero-order chi connectivity index (χ0) is 18.0. The van der Waals surface area contributed by atoms with Crippen molar-refractivity contribution in [3.8, 4) is 0 Å². The van der Waals surface area contributed by atoms with E-state index in [1.165, 1.54) is 13.1 Å². The third kappa shape index (κ3) is 3.58. The summed E-state index contributed by atoms with van der Waals surface area (Å²) in [6.07, 6.45) is 0.818. The summed E-state index contributed by atoms with van der Waals surface area (Å²) in [6, 6.07) is 7.09. The number of likely N-dealkylation sites (tertiary alicyclic amines) is 1. The lowest BCUT2D eigenvalue weighted by atomic mass is 10.00. The number of halogens is 2. The van der Waals surface area contributed by atoms with Crippen molar-refractivity contribution >= 4 is 11.7 Å². The van der Waals surface area contributed by atoms with E-state index < -0.39 is 11.6 Å². The zero-order valence-electron chi connectivity index (χ0n) is 14.0. The molecule has 1 saturated heterocycles. The van der Waals surface area contributed by atoms with Crippen LogP contribution in [0.4, 0.5) is 14.6 Å². The Morgan fingerprint density at radius 3 is 2.64 bits per heavy atom. The maximum Gasteiger partial charge on any atom is 0.271 e. The zero-order valence-corrected chi connectivity index (χ0v) is 14.0. The highest BCUT2D eigenvalue weighted by atomic mass is 19.2. The maximum absolute atomic E-state index is 13.6. The van der Waals surface area contributed by atoms with Crippen molar-refractivity contribution < 1.29 is 13.6 Å². The van der Waals surface area contributed by atoms with Gasteiger partial charge in [-0.25, -0.2) is 8.78 Å². The van der Waals surface area contributed by atoms with Gasteiger partial charge in [-0.1, -0.05) is 6.07 Å². The molecule has 0 aliphatic carbocycles. The third-order valence-corrected chi connectivity index (χ3v) is 4.39. The minimum absolute atomic E-state index is 0.0324. The molecule has 0 unspecified atom stereocenters. The van der Waals surface area contributed by atoms with Crippen molar-refractivity contribution in [2.75, 3.05) is 26.0 Å². The maximum atomic E-state index is 13.6. The normalized spacial score (nSPS) is 20.5. The summed E-state index contributed by atoms with van der Waals surface area (Å²) < 4.78 is 26.8. The number of nitrogens with one attached hydrogen (secondary N) is 2. The van der Waals surface area contributed by atoms with Crippen LogP contribution in [0.5, 0.6) is 0 Å². The van der Waals surface area contributed by atoms with Gasteiger partial charge in [0, 0.05) is 19.6 Å². The highest BCUT2D eigenvalue weighted by Gasteiger charge is 2.33. The van der Waals surface area contributed by atoms with Crippen molar-refractivity contribution in [3.05, 3.63) is 53.2 Å². The first kappa shape index (κ1) is 17.2. The number of carbonyl (C=O) groups excluding carboxylic acids is 1. The largest absolute Gasteiger partial charge is 0.364 e. The van der Waals surface area contributed by atoms with Gasteiger partial charge in [0.25, 0.3) is 5.91 Å². The number of nitrogens with zero attached hydrogens (tertiary/aromatic N) is 3. The first-order valence-electron chi connectivity index (χ1n) is 7.97. The molecule has 3 rings (SSSR count). The van der Waals surface area contributed by atoms with Crippen LogP contribution in [-0.4, -0.2) is 47.7 Å². The topological polar surface area (TPSA) is 70.2 Å². The first-order valence-corrected chi connectivity index (χ1v) is 7.97. The number of benzene rings is 1. The van der Waals surface area contributed by atoms with Crippen LogP contribution in [0.2, 0.25) is 0 Å². The van der Waals surface area contributed by atoms with E-state index in [0.717, 1.165) is 19.0 Å². The molecule has 8 heteroatoms. The van der Waals surface area contributed by atoms with Gasteiger partial charge in [-0.05, 0) is 43.3 Å². The lowest BCUT2D eigenvalue weighted by molar-refractivity contribution is 0.0957. The molecule has 1 aromatic carbocycles. The van der Waals surface area contributed by atoms with Crippen LogP contribution in [0, 0.1) is 11.6 Å². The lowest BCUT2D eigenvalue weighted by Gasteiger charge is -2.26. The Morgan fingerprint density at radius 2 is 2.00 bits per heavy atom. The standard InChI is InChI=1S/C17H19F2N5O/c1-20-17(25)14-5-6-15(23-22-14)21-13-7-8-24(2)16(13)10-3-4-11(18)12(19)9-10/h3-6,9,13,16H,7-8H2,1-2H3,(H,20,25)(H,21,23)/t13-,16+/m1/s1. The van der Waals surface area contributed by atoms with E-state index in [9.17, 15) is 13.6 Å². The summed E-state index contributed by atoms with van der Waals surface area (Å²) in [4.78, 5) is 13.6. The second kappa shape index (κ2) is 7.10. The Morgan fingerprint density at radius 1 is 1.20 bits per heavy atom. The first-order chi connectivity index (χ1) is 12.0. The van der Waals surface area contributed by atoms with Crippen LogP contribution >= 0.6 is 0 Å². The molecule has 2 aromatic rings. The van der Waals surface area contributed by atoms with Gasteiger partial charge in [-0.15, -0.1) is 10.2 Å². The van der Waals surface area contributed by atoms with Crippen LogP contribution < -0.4 is 10.6 Å². The highest BCUT2D eigenvalue weighted by Crippen LogP contribution is 2.33. The van der Waals surface area contributed by atoms with Gasteiger partial charge in [0.05, 0.1) is 6.04 Å². The fourth-order valence-corrected chi connectivity index (χ4v) is 3.13. The van der Waals surface area contributed by atoms with Crippen LogP contribution in [0.25, 0.3) is 0 Å². The van der Waals surface area contributed by atoms with E-state index in [0.29, 0.717) is 11.4 Å². The molecule has 25 heavy (non-hydrogen) atoms. The van der Waals surface area contributed by atoms with Gasteiger partial charge >= 0.3 is 0 Å². The minimum atomic E-state index is -0.857. The number of carbonyl (C=O) groups is 1. The average Bonchev–Trinajstić information content (AvgIpc) is 2.98. The molecular weight excluding hydrogens is 328 g/mol. The summed E-state index contributed by atoms with van der Waals surface area (Å²) in [7, 11) is 3.46. The molecule has 0 bridgehead atoms. The molecule has 1 aromatic heterocycles. The molecule has 0 spiro atoms. The predicted octanol–water partition coefficient (Wildman–Crippen LogP) is 1.97. The molecule has 2 atom stereocenters. The van der Waals surface area contributed by atoms with Crippen molar-refractivity contribution in [2.45, 2.75) is 18.5 Å². The number of hydrogen-bond donors (Lipinski definition) is 2. The summed E-state index contributed by atoms with van der Waals surface area (Å²) in [5.41, 5.74) is 0.931. The Balaban J connectivity index is 1.78. The van der Waals surface area contributed by atoms with Crippen LogP contribution in [0.1, 0.15) is 28.5 Å². The quantitative estimate of drug-likeness (QED) is 0.885. The van der Waals surface area contributed by atoms with Crippen molar-refractivity contribution in [1.29, 1.82) is 0 Å². The predicted molar refractivity (Wildman–Crippen MR) is 89.2 cm³/mol. The number of rotatable bonds is 4. The van der Waals surface area contributed by atoms with E-state index in [4.69, 9.17) is 0 Å². The van der Waals surface area contributed by atoms with Gasteiger partial charge in [-0.3, -0.25) is 9.69 Å². The van der Waals surface area contributed by atoms with Gasteiger partial charge in [0.1, 0.15) is 5.82 Å². The fraction of sp³-hybridized carbons (Fsp3) is 0.353. The van der Waals surface area contributed by atoms with Crippen molar-refractivity contribution in [1.82, 2.24) is 20.4 Å². The Kier molecular flexibility index (Phi) is 4.89. The highest BCUT2D eigenvalue weighted by molar-refractivity contribution is 5.91. The lowest BCUT2D eigenvalue weighted by Crippen LogP contribution is -2.29. The molecule has 6 nitrogen and oxygen atoms in total. The van der Waals surface area contributed by atoms with Crippen molar-refractivity contribution in [3.63, 3.8) is 0 Å². The molecular formula is C17H19F2N5O. The summed E-state index contributed by atoms with van der Waals surface area (Å²) >= 11 is 0. The molecule has 1 fully saturated rings. The molecule has 132 valence electrons. The number of amides is 1. The number of anilines is 1. The second-order valence-corrected chi connectivity index (χ2v) is 6.02. The number of aromatic nitrogens is 2. The molecule has 2 N–H and O–H groups in total. The molecule has 0 saturated carbocycles. The number of hydrogen-bond acceptors (Lipinski definition) is 5. The summed E-state index contributed by atoms with van der Waals surface area (Å²) in [5, 5.41) is 13.7. The minimum Gasteiger partial charge on any atom is -0.364 e. The van der Waals surface area contributed by atoms with Gasteiger partial charge in [0.2, 0.25) is 0 Å². The van der Waals surface area contributed by atoms with Crippen LogP contribution in [0.15, 0.2) is 30.3 Å². The van der Waals surface area contributed by atoms with Gasteiger partial charge in [0.15, 0.2) is 17.3 Å². The molecule has 2 heterocycles. The van der Waals surface area contributed by atoms with Crippen molar-refractivity contribution in [2.24, 2.45) is 0 Å². The second-order valence-electron chi connectivity index (χ2n) is 6.02. The van der Waals surface area contributed by atoms with E-state index in [1.807, 2.05) is 7.05 Å². The van der Waals surface area contributed by atoms with Crippen LogP contribution in [-0.2, 0) is 0 Å². The van der Waals surface area contributed by atoms with E-state index in [1.54, 1.807) is 18.2 Å². The summed E-state index contributed by atoms with van der Waals surface area (Å²) in [5.74, 6) is -1.49. The fourth-order valence-electron chi connectivity index (χ4n) is 3.13. The monoisotopic (exact) mass is 347 g/mol. The van der Waals surface area contributed by atoms with Crippen LogP contribution in [0.3, 0.4) is 0 Å². The summed E-state index contributed by atoms with van der Waals surface area (Å²) in [6.45, 7) is 0.811.